The third-order valence-electron chi connectivity index (χ3n) is 6.66. The molecule has 154 valence electrons. The van der Waals surface area contributed by atoms with Gasteiger partial charge in [0.2, 0.25) is 5.91 Å². The van der Waals surface area contributed by atoms with E-state index < -0.39 is 0 Å². The third kappa shape index (κ3) is 4.69. The Bertz CT molecular complexity index is 642. The molecular weight excluding hydrogens is 350 g/mol. The van der Waals surface area contributed by atoms with E-state index in [1.54, 1.807) is 0 Å². The second kappa shape index (κ2) is 9.27. The lowest BCUT2D eigenvalue weighted by Crippen LogP contribution is -2.41. The summed E-state index contributed by atoms with van der Waals surface area (Å²) >= 11 is 0. The fraction of sp³-hybridized carbons (Fsp3) is 0.696. The first kappa shape index (κ1) is 19.7. The predicted molar refractivity (Wildman–Crippen MR) is 113 cm³/mol. The van der Waals surface area contributed by atoms with E-state index >= 15 is 0 Å². The average molecular weight is 386 g/mol. The zero-order valence-electron chi connectivity index (χ0n) is 17.3. The molecule has 5 heteroatoms. The van der Waals surface area contributed by atoms with Gasteiger partial charge in [-0.2, -0.15) is 0 Å². The lowest BCUT2D eigenvalue weighted by atomic mass is 10.2. The van der Waals surface area contributed by atoms with Crippen LogP contribution in [-0.4, -0.2) is 67.1 Å². The molecule has 0 aliphatic carbocycles. The Hall–Kier alpha value is -1.59. The van der Waals surface area contributed by atoms with E-state index in [1.807, 2.05) is 17.0 Å². The van der Waals surface area contributed by atoms with E-state index in [2.05, 4.69) is 28.9 Å². The van der Waals surface area contributed by atoms with Gasteiger partial charge in [0.05, 0.1) is 12.6 Å². The van der Waals surface area contributed by atoms with Gasteiger partial charge in [0.25, 0.3) is 0 Å². The Morgan fingerprint density at radius 1 is 1.04 bits per heavy atom. The Morgan fingerprint density at radius 2 is 1.82 bits per heavy atom. The van der Waals surface area contributed by atoms with E-state index in [0.29, 0.717) is 12.5 Å². The largest absolute Gasteiger partial charge is 0.494 e. The Labute approximate surface area is 169 Å². The molecule has 4 rings (SSSR count). The number of nitrogens with zero attached hydrogens (tertiary/aromatic N) is 3. The van der Waals surface area contributed by atoms with Crippen LogP contribution in [0.1, 0.15) is 51.9 Å². The normalized spacial score (nSPS) is 26.5. The summed E-state index contributed by atoms with van der Waals surface area (Å²) in [6.07, 6.45) is 7.96. The number of hydrogen-bond donors (Lipinski definition) is 0. The van der Waals surface area contributed by atoms with Crippen LogP contribution in [0.25, 0.3) is 0 Å². The summed E-state index contributed by atoms with van der Waals surface area (Å²) in [4.78, 5) is 19.6. The van der Waals surface area contributed by atoms with Gasteiger partial charge in [-0.15, -0.1) is 0 Å². The minimum atomic E-state index is 0.262. The summed E-state index contributed by atoms with van der Waals surface area (Å²) in [7, 11) is 0. The number of anilines is 1. The SMILES string of the molecule is CC1CCCN1CCCOc1ccc(N2C(=O)CC[C@H]2CN2CCCC2)cc1. The molecule has 1 amide bonds. The van der Waals surface area contributed by atoms with Crippen LogP contribution >= 0.6 is 0 Å². The molecule has 0 N–H and O–H groups in total. The molecule has 28 heavy (non-hydrogen) atoms. The molecule has 2 atom stereocenters. The first-order valence-electron chi connectivity index (χ1n) is 11.2. The number of carbonyl (C=O) groups is 1. The highest BCUT2D eigenvalue weighted by atomic mass is 16.5. The summed E-state index contributed by atoms with van der Waals surface area (Å²) < 4.78 is 5.94. The second-order valence-electron chi connectivity index (χ2n) is 8.69. The number of benzene rings is 1. The van der Waals surface area contributed by atoms with Gasteiger partial charge in [-0.3, -0.25) is 4.79 Å². The van der Waals surface area contributed by atoms with Crippen LogP contribution in [0.4, 0.5) is 5.69 Å². The van der Waals surface area contributed by atoms with Gasteiger partial charge in [0, 0.05) is 31.2 Å². The highest BCUT2D eigenvalue weighted by Gasteiger charge is 2.33. The first-order chi connectivity index (χ1) is 13.7. The zero-order chi connectivity index (χ0) is 19.3. The molecule has 3 fully saturated rings. The van der Waals surface area contributed by atoms with Crippen molar-refractivity contribution in [3.05, 3.63) is 24.3 Å². The smallest absolute Gasteiger partial charge is 0.227 e. The maximum atomic E-state index is 12.5. The van der Waals surface area contributed by atoms with Crippen molar-refractivity contribution in [3.8, 4) is 5.75 Å². The van der Waals surface area contributed by atoms with Gasteiger partial charge in [0.1, 0.15) is 5.75 Å². The molecule has 0 saturated carbocycles. The van der Waals surface area contributed by atoms with Gasteiger partial charge in [-0.25, -0.2) is 0 Å². The van der Waals surface area contributed by atoms with E-state index in [-0.39, 0.29) is 5.91 Å². The number of amides is 1. The van der Waals surface area contributed by atoms with E-state index in [4.69, 9.17) is 4.74 Å². The monoisotopic (exact) mass is 385 g/mol. The van der Waals surface area contributed by atoms with Crippen LogP contribution in [0.5, 0.6) is 5.75 Å². The van der Waals surface area contributed by atoms with Crippen molar-refractivity contribution < 1.29 is 9.53 Å². The molecule has 1 aromatic carbocycles. The van der Waals surface area contributed by atoms with E-state index in [1.165, 1.54) is 45.3 Å². The Balaban J connectivity index is 1.27. The van der Waals surface area contributed by atoms with Gasteiger partial charge in [-0.05, 0) is 89.3 Å². The summed E-state index contributed by atoms with van der Waals surface area (Å²) in [5.74, 6) is 1.17. The van der Waals surface area contributed by atoms with Gasteiger partial charge < -0.3 is 19.4 Å². The minimum absolute atomic E-state index is 0.262. The van der Waals surface area contributed by atoms with Gasteiger partial charge in [-0.1, -0.05) is 0 Å². The fourth-order valence-electron chi connectivity index (χ4n) is 5.02. The van der Waals surface area contributed by atoms with Crippen molar-refractivity contribution in [2.24, 2.45) is 0 Å². The first-order valence-corrected chi connectivity index (χ1v) is 11.2. The summed E-state index contributed by atoms with van der Waals surface area (Å²) in [5.41, 5.74) is 1.02. The Morgan fingerprint density at radius 3 is 2.54 bits per heavy atom. The molecule has 1 aromatic rings. The van der Waals surface area contributed by atoms with Gasteiger partial charge >= 0.3 is 0 Å². The number of carbonyl (C=O) groups excluding carboxylic acids is 1. The molecule has 3 aliphatic heterocycles. The van der Waals surface area contributed by atoms with Crippen LogP contribution in [-0.2, 0) is 4.79 Å². The summed E-state index contributed by atoms with van der Waals surface area (Å²) in [6.45, 7) is 8.81. The highest BCUT2D eigenvalue weighted by molar-refractivity contribution is 5.96. The minimum Gasteiger partial charge on any atom is -0.494 e. The molecule has 1 unspecified atom stereocenters. The van der Waals surface area contributed by atoms with Crippen molar-refractivity contribution in [3.63, 3.8) is 0 Å². The Kier molecular flexibility index (Phi) is 6.53. The molecule has 3 aliphatic rings. The van der Waals surface area contributed by atoms with E-state index in [9.17, 15) is 4.79 Å². The van der Waals surface area contributed by atoms with Gasteiger partial charge in [0.15, 0.2) is 0 Å². The fourth-order valence-corrected chi connectivity index (χ4v) is 5.02. The van der Waals surface area contributed by atoms with Crippen LogP contribution < -0.4 is 9.64 Å². The van der Waals surface area contributed by atoms with E-state index in [0.717, 1.165) is 50.0 Å². The number of ether oxygens (including phenoxy) is 1. The molecule has 0 aromatic heterocycles. The van der Waals surface area contributed by atoms with Crippen molar-refractivity contribution >= 4 is 11.6 Å². The highest BCUT2D eigenvalue weighted by Crippen LogP contribution is 2.29. The maximum absolute atomic E-state index is 12.5. The number of likely N-dealkylation sites (tertiary alicyclic amines) is 2. The molecule has 0 radical (unpaired) electrons. The third-order valence-corrected chi connectivity index (χ3v) is 6.66. The average Bonchev–Trinajstić information content (AvgIpc) is 3.43. The lowest BCUT2D eigenvalue weighted by molar-refractivity contribution is -0.117. The molecule has 3 heterocycles. The predicted octanol–water partition coefficient (Wildman–Crippen LogP) is 3.53. The molecule has 3 saturated heterocycles. The molecular formula is C23H35N3O2. The topological polar surface area (TPSA) is 36.0 Å². The van der Waals surface area contributed by atoms with Crippen LogP contribution in [0.15, 0.2) is 24.3 Å². The summed E-state index contributed by atoms with van der Waals surface area (Å²) in [6, 6.07) is 9.19. The van der Waals surface area contributed by atoms with Crippen molar-refractivity contribution in [1.29, 1.82) is 0 Å². The van der Waals surface area contributed by atoms with Crippen LogP contribution in [0, 0.1) is 0 Å². The van der Waals surface area contributed by atoms with Crippen LogP contribution in [0.2, 0.25) is 0 Å². The molecule has 0 bridgehead atoms. The van der Waals surface area contributed by atoms with Crippen molar-refractivity contribution in [2.45, 2.75) is 64.0 Å². The number of hydrogen-bond acceptors (Lipinski definition) is 4. The lowest BCUT2D eigenvalue weighted by Gasteiger charge is -2.28. The standard InChI is InChI=1S/C23H35N3O2/c1-19-6-4-15-25(19)16-5-17-28-22-10-7-20(8-11-22)26-21(9-12-23(26)27)18-24-13-2-3-14-24/h7-8,10-11,19,21H,2-6,9,12-18H2,1H3/t19?,21-/m0/s1. The quantitative estimate of drug-likeness (QED) is 0.642. The summed E-state index contributed by atoms with van der Waals surface area (Å²) in [5, 5.41) is 0. The maximum Gasteiger partial charge on any atom is 0.227 e. The van der Waals surface area contributed by atoms with Crippen LogP contribution in [0.3, 0.4) is 0 Å². The molecule has 5 nitrogen and oxygen atoms in total. The van der Waals surface area contributed by atoms with Crippen molar-refractivity contribution in [1.82, 2.24) is 9.80 Å². The second-order valence-corrected chi connectivity index (χ2v) is 8.69. The number of rotatable bonds is 8. The zero-order valence-corrected chi connectivity index (χ0v) is 17.3. The van der Waals surface area contributed by atoms with Crippen molar-refractivity contribution in [2.75, 3.05) is 44.2 Å². The molecule has 0 spiro atoms.